The van der Waals surface area contributed by atoms with Crippen LogP contribution in [0.15, 0.2) is 54.7 Å². The Morgan fingerprint density at radius 3 is 2.43 bits per heavy atom. The summed E-state index contributed by atoms with van der Waals surface area (Å²) in [4.78, 5) is 16.9. The van der Waals surface area contributed by atoms with Gasteiger partial charge in [0.2, 0.25) is 5.95 Å². The molecule has 0 spiro atoms. The Hall–Kier alpha value is -3.32. The molecule has 184 valence electrons. The number of piperazine rings is 1. The Balaban J connectivity index is 1.20. The SMILES string of the molecule is COc1cc(CN2CCc3nc(N4CCN(c5ccccc5)CC4)ncc3C2)ccc1OC(C)C. The summed E-state index contributed by atoms with van der Waals surface area (Å²) in [7, 11) is 1.69. The first kappa shape index (κ1) is 23.4. The van der Waals surface area contributed by atoms with Gasteiger partial charge in [-0.3, -0.25) is 4.90 Å². The number of nitrogens with zero attached hydrogens (tertiary/aromatic N) is 5. The molecule has 1 saturated heterocycles. The lowest BCUT2D eigenvalue weighted by Crippen LogP contribution is -2.47. The largest absolute Gasteiger partial charge is 0.493 e. The van der Waals surface area contributed by atoms with E-state index in [4.69, 9.17) is 19.4 Å². The first-order valence-corrected chi connectivity index (χ1v) is 12.5. The molecule has 0 radical (unpaired) electrons. The van der Waals surface area contributed by atoms with Gasteiger partial charge in [0.05, 0.1) is 18.9 Å². The van der Waals surface area contributed by atoms with Crippen molar-refractivity contribution >= 4 is 11.6 Å². The fraction of sp³-hybridized carbons (Fsp3) is 0.429. The molecular formula is C28H35N5O2. The van der Waals surface area contributed by atoms with Crippen LogP contribution in [-0.4, -0.2) is 60.8 Å². The first-order valence-electron chi connectivity index (χ1n) is 12.5. The lowest BCUT2D eigenvalue weighted by molar-refractivity contribution is 0.228. The van der Waals surface area contributed by atoms with E-state index in [2.05, 4.69) is 57.2 Å². The van der Waals surface area contributed by atoms with E-state index in [1.807, 2.05) is 26.1 Å². The van der Waals surface area contributed by atoms with Gasteiger partial charge in [-0.2, -0.15) is 0 Å². The number of rotatable bonds is 7. The van der Waals surface area contributed by atoms with Gasteiger partial charge >= 0.3 is 0 Å². The maximum absolute atomic E-state index is 5.86. The molecule has 1 fully saturated rings. The molecule has 0 bridgehead atoms. The van der Waals surface area contributed by atoms with E-state index < -0.39 is 0 Å². The van der Waals surface area contributed by atoms with Crippen LogP contribution in [-0.2, 0) is 19.5 Å². The zero-order chi connectivity index (χ0) is 24.2. The van der Waals surface area contributed by atoms with Crippen molar-refractivity contribution in [3.63, 3.8) is 0 Å². The lowest BCUT2D eigenvalue weighted by atomic mass is 10.1. The summed E-state index contributed by atoms with van der Waals surface area (Å²) in [6.07, 6.45) is 3.10. The van der Waals surface area contributed by atoms with Crippen molar-refractivity contribution in [1.29, 1.82) is 0 Å². The molecule has 2 aromatic carbocycles. The minimum Gasteiger partial charge on any atom is -0.493 e. The van der Waals surface area contributed by atoms with Crippen LogP contribution in [0.3, 0.4) is 0 Å². The number of hydrogen-bond acceptors (Lipinski definition) is 7. The van der Waals surface area contributed by atoms with Crippen LogP contribution in [0.2, 0.25) is 0 Å². The fourth-order valence-electron chi connectivity index (χ4n) is 4.87. The molecule has 7 nitrogen and oxygen atoms in total. The minimum atomic E-state index is 0.117. The van der Waals surface area contributed by atoms with E-state index in [1.54, 1.807) is 7.11 Å². The molecule has 0 N–H and O–H groups in total. The van der Waals surface area contributed by atoms with Crippen molar-refractivity contribution in [2.75, 3.05) is 49.6 Å². The van der Waals surface area contributed by atoms with Crippen LogP contribution in [0.4, 0.5) is 11.6 Å². The van der Waals surface area contributed by atoms with E-state index in [1.165, 1.54) is 22.5 Å². The van der Waals surface area contributed by atoms with Crippen LogP contribution >= 0.6 is 0 Å². The van der Waals surface area contributed by atoms with Crippen molar-refractivity contribution < 1.29 is 9.47 Å². The van der Waals surface area contributed by atoms with E-state index in [-0.39, 0.29) is 6.10 Å². The van der Waals surface area contributed by atoms with Crippen LogP contribution < -0.4 is 19.3 Å². The van der Waals surface area contributed by atoms with Gasteiger partial charge in [0.25, 0.3) is 0 Å². The van der Waals surface area contributed by atoms with Crippen molar-refractivity contribution in [1.82, 2.24) is 14.9 Å². The Morgan fingerprint density at radius 1 is 0.914 bits per heavy atom. The normalized spacial score (nSPS) is 16.3. The second-order valence-corrected chi connectivity index (χ2v) is 9.56. The fourth-order valence-corrected chi connectivity index (χ4v) is 4.87. The van der Waals surface area contributed by atoms with Gasteiger partial charge < -0.3 is 19.3 Å². The Bertz CT molecular complexity index is 1130. The molecule has 3 aromatic rings. The number of aromatic nitrogens is 2. The zero-order valence-electron chi connectivity index (χ0n) is 21.0. The zero-order valence-corrected chi connectivity index (χ0v) is 21.0. The summed E-state index contributed by atoms with van der Waals surface area (Å²) in [6, 6.07) is 16.9. The Labute approximate surface area is 208 Å². The van der Waals surface area contributed by atoms with Gasteiger partial charge in [-0.1, -0.05) is 24.3 Å². The van der Waals surface area contributed by atoms with Gasteiger partial charge in [-0.15, -0.1) is 0 Å². The molecule has 35 heavy (non-hydrogen) atoms. The third kappa shape index (κ3) is 5.51. The molecule has 0 saturated carbocycles. The third-order valence-corrected chi connectivity index (χ3v) is 6.68. The van der Waals surface area contributed by atoms with Crippen molar-refractivity contribution in [3.8, 4) is 11.5 Å². The smallest absolute Gasteiger partial charge is 0.225 e. The van der Waals surface area contributed by atoms with Gasteiger partial charge in [0.1, 0.15) is 0 Å². The summed E-state index contributed by atoms with van der Waals surface area (Å²) in [5.74, 6) is 2.45. The minimum absolute atomic E-state index is 0.117. The average molecular weight is 474 g/mol. The maximum Gasteiger partial charge on any atom is 0.225 e. The highest BCUT2D eigenvalue weighted by Gasteiger charge is 2.23. The molecule has 5 rings (SSSR count). The quantitative estimate of drug-likeness (QED) is 0.511. The molecule has 0 unspecified atom stereocenters. The average Bonchev–Trinajstić information content (AvgIpc) is 2.89. The molecule has 2 aliphatic heterocycles. The van der Waals surface area contributed by atoms with Crippen LogP contribution in [0, 0.1) is 0 Å². The van der Waals surface area contributed by atoms with Crippen molar-refractivity contribution in [3.05, 3.63) is 71.5 Å². The molecule has 3 heterocycles. The van der Waals surface area contributed by atoms with Gasteiger partial charge in [0.15, 0.2) is 11.5 Å². The topological polar surface area (TPSA) is 54.0 Å². The summed E-state index contributed by atoms with van der Waals surface area (Å²) >= 11 is 0. The van der Waals surface area contributed by atoms with E-state index in [9.17, 15) is 0 Å². The Morgan fingerprint density at radius 2 is 1.69 bits per heavy atom. The number of fused-ring (bicyclic) bond motifs is 1. The van der Waals surface area contributed by atoms with Gasteiger partial charge in [-0.05, 0) is 43.7 Å². The van der Waals surface area contributed by atoms with E-state index >= 15 is 0 Å². The van der Waals surface area contributed by atoms with Crippen LogP contribution in [0.25, 0.3) is 0 Å². The highest BCUT2D eigenvalue weighted by Crippen LogP contribution is 2.30. The molecule has 0 aliphatic carbocycles. The van der Waals surface area contributed by atoms with E-state index in [0.717, 1.165) is 69.7 Å². The summed E-state index contributed by atoms with van der Waals surface area (Å²) in [6.45, 7) is 10.6. The molecule has 2 aliphatic rings. The number of methoxy groups -OCH3 is 1. The second-order valence-electron chi connectivity index (χ2n) is 9.56. The summed E-state index contributed by atoms with van der Waals surface area (Å²) < 4.78 is 11.4. The highest BCUT2D eigenvalue weighted by atomic mass is 16.5. The monoisotopic (exact) mass is 473 g/mol. The summed E-state index contributed by atoms with van der Waals surface area (Å²) in [5.41, 5.74) is 4.93. The third-order valence-electron chi connectivity index (χ3n) is 6.68. The second kappa shape index (κ2) is 10.5. The maximum atomic E-state index is 5.86. The Kier molecular flexibility index (Phi) is 7.04. The predicted octanol–water partition coefficient (Wildman–Crippen LogP) is 4.16. The van der Waals surface area contributed by atoms with Crippen LogP contribution in [0.5, 0.6) is 11.5 Å². The number of hydrogen-bond donors (Lipinski definition) is 0. The van der Waals surface area contributed by atoms with Gasteiger partial charge in [0, 0.05) is 69.7 Å². The molecule has 7 heteroatoms. The van der Waals surface area contributed by atoms with Gasteiger partial charge in [-0.25, -0.2) is 9.97 Å². The number of anilines is 2. The van der Waals surface area contributed by atoms with Crippen molar-refractivity contribution in [2.24, 2.45) is 0 Å². The molecule has 0 atom stereocenters. The molecular weight excluding hydrogens is 438 g/mol. The molecule has 1 aromatic heterocycles. The molecule has 0 amide bonds. The van der Waals surface area contributed by atoms with Crippen LogP contribution in [0.1, 0.15) is 30.7 Å². The van der Waals surface area contributed by atoms with Crippen molar-refractivity contribution in [2.45, 2.75) is 39.5 Å². The number of ether oxygens (including phenoxy) is 2. The number of para-hydroxylation sites is 1. The van der Waals surface area contributed by atoms with E-state index in [0.29, 0.717) is 0 Å². The first-order chi connectivity index (χ1) is 17.1. The highest BCUT2D eigenvalue weighted by molar-refractivity contribution is 5.48. The standard InChI is InChI=1S/C28H35N5O2/c1-21(2)35-26-10-9-22(17-27(26)34-3)19-31-12-11-25-23(20-31)18-29-28(30-25)33-15-13-32(14-16-33)24-7-5-4-6-8-24/h4-10,17-18,21H,11-16,19-20H2,1-3H3. The number of benzene rings is 2. The summed E-state index contributed by atoms with van der Waals surface area (Å²) in [5, 5.41) is 0. The predicted molar refractivity (Wildman–Crippen MR) is 139 cm³/mol. The lowest BCUT2D eigenvalue weighted by Gasteiger charge is -2.36.